The summed E-state index contributed by atoms with van der Waals surface area (Å²) in [5, 5.41) is 10.7. The molecule has 0 amide bonds. The van der Waals surface area contributed by atoms with E-state index in [1.165, 1.54) is 19.3 Å². The fourth-order valence-electron chi connectivity index (χ4n) is 4.05. The zero-order valence-corrected chi connectivity index (χ0v) is 10.1. The Hall–Kier alpha value is -0.0400. The first-order valence-corrected chi connectivity index (χ1v) is 5.95. The van der Waals surface area contributed by atoms with E-state index in [-0.39, 0.29) is 5.60 Å². The van der Waals surface area contributed by atoms with E-state index in [0.29, 0.717) is 16.7 Å². The maximum Gasteiger partial charge on any atom is 0.0686 e. The van der Waals surface area contributed by atoms with Crippen LogP contribution >= 0.6 is 0 Å². The molecule has 82 valence electrons. The first kappa shape index (κ1) is 10.5. The Bertz CT molecular complexity index is 220. The third kappa shape index (κ3) is 1.98. The smallest absolute Gasteiger partial charge is 0.0686 e. The van der Waals surface area contributed by atoms with Crippen LogP contribution in [0, 0.1) is 16.7 Å². The summed E-state index contributed by atoms with van der Waals surface area (Å²) in [6, 6.07) is 0. The normalized spacial score (nSPS) is 34.1. The van der Waals surface area contributed by atoms with Crippen LogP contribution in [0.15, 0.2) is 0 Å². The molecule has 14 heavy (non-hydrogen) atoms. The molecule has 0 unspecified atom stereocenters. The van der Waals surface area contributed by atoms with Gasteiger partial charge < -0.3 is 5.11 Å². The van der Waals surface area contributed by atoms with Gasteiger partial charge in [0.1, 0.15) is 0 Å². The molecule has 2 aliphatic rings. The molecule has 2 fully saturated rings. The van der Waals surface area contributed by atoms with Crippen LogP contribution in [0.3, 0.4) is 0 Å². The minimum Gasteiger partial charge on any atom is -0.390 e. The van der Waals surface area contributed by atoms with Crippen molar-refractivity contribution in [3.8, 4) is 0 Å². The van der Waals surface area contributed by atoms with Crippen molar-refractivity contribution in [1.29, 1.82) is 0 Å². The standard InChI is InChI=1S/C13H24O/c1-11(2)7-12(3,4)9-13(14,8-11)10-5-6-10/h10,14H,5-9H2,1-4H3. The molecule has 2 rings (SSSR count). The van der Waals surface area contributed by atoms with Gasteiger partial charge in [0, 0.05) is 0 Å². The molecule has 0 aromatic heterocycles. The average molecular weight is 196 g/mol. The molecule has 0 aromatic rings. The van der Waals surface area contributed by atoms with Crippen molar-refractivity contribution >= 4 is 0 Å². The maximum absolute atomic E-state index is 10.7. The van der Waals surface area contributed by atoms with Crippen LogP contribution in [0.1, 0.15) is 59.8 Å². The van der Waals surface area contributed by atoms with Crippen LogP contribution in [0.25, 0.3) is 0 Å². The number of hydrogen-bond acceptors (Lipinski definition) is 1. The fourth-order valence-corrected chi connectivity index (χ4v) is 4.05. The molecule has 1 N–H and O–H groups in total. The highest BCUT2D eigenvalue weighted by atomic mass is 16.3. The average Bonchev–Trinajstić information content (AvgIpc) is 2.53. The lowest BCUT2D eigenvalue weighted by atomic mass is 9.58. The van der Waals surface area contributed by atoms with Crippen molar-refractivity contribution in [2.24, 2.45) is 16.7 Å². The van der Waals surface area contributed by atoms with Crippen LogP contribution in [0.2, 0.25) is 0 Å². The zero-order valence-electron chi connectivity index (χ0n) is 10.1. The molecule has 0 atom stereocenters. The van der Waals surface area contributed by atoms with Crippen LogP contribution in [-0.4, -0.2) is 10.7 Å². The molecule has 0 saturated heterocycles. The van der Waals surface area contributed by atoms with Gasteiger partial charge in [-0.1, -0.05) is 27.7 Å². The molecule has 1 nitrogen and oxygen atoms in total. The molecular weight excluding hydrogens is 172 g/mol. The van der Waals surface area contributed by atoms with Gasteiger partial charge >= 0.3 is 0 Å². The van der Waals surface area contributed by atoms with Gasteiger partial charge in [-0.25, -0.2) is 0 Å². The minimum atomic E-state index is -0.342. The first-order valence-electron chi connectivity index (χ1n) is 5.95. The summed E-state index contributed by atoms with van der Waals surface area (Å²) < 4.78 is 0. The van der Waals surface area contributed by atoms with Gasteiger partial charge in [-0.3, -0.25) is 0 Å². The van der Waals surface area contributed by atoms with Crippen molar-refractivity contribution in [3.05, 3.63) is 0 Å². The quantitative estimate of drug-likeness (QED) is 0.682. The minimum absolute atomic E-state index is 0.319. The van der Waals surface area contributed by atoms with Crippen molar-refractivity contribution in [2.45, 2.75) is 65.4 Å². The Labute approximate surface area is 87.9 Å². The van der Waals surface area contributed by atoms with Gasteiger partial charge in [0.05, 0.1) is 5.60 Å². The zero-order chi connectivity index (χ0) is 10.6. The lowest BCUT2D eigenvalue weighted by Gasteiger charge is -2.50. The summed E-state index contributed by atoms with van der Waals surface area (Å²) in [4.78, 5) is 0. The lowest BCUT2D eigenvalue weighted by molar-refractivity contribution is -0.0998. The molecule has 0 heterocycles. The molecule has 0 aliphatic heterocycles. The summed E-state index contributed by atoms with van der Waals surface area (Å²) in [5.41, 5.74) is 0.295. The summed E-state index contributed by atoms with van der Waals surface area (Å²) in [6.07, 6.45) is 5.77. The number of aliphatic hydroxyl groups is 1. The highest BCUT2D eigenvalue weighted by molar-refractivity contribution is 5.04. The van der Waals surface area contributed by atoms with Gasteiger partial charge in [-0.15, -0.1) is 0 Å². The Morgan fingerprint density at radius 2 is 1.29 bits per heavy atom. The highest BCUT2D eigenvalue weighted by Gasteiger charge is 2.53. The molecule has 0 radical (unpaired) electrons. The van der Waals surface area contributed by atoms with Crippen molar-refractivity contribution in [2.75, 3.05) is 0 Å². The van der Waals surface area contributed by atoms with E-state index in [1.54, 1.807) is 0 Å². The monoisotopic (exact) mass is 196 g/mol. The van der Waals surface area contributed by atoms with E-state index in [4.69, 9.17) is 0 Å². The lowest BCUT2D eigenvalue weighted by Crippen LogP contribution is -2.47. The Morgan fingerprint density at radius 3 is 1.64 bits per heavy atom. The molecule has 0 aromatic carbocycles. The maximum atomic E-state index is 10.7. The van der Waals surface area contributed by atoms with Gasteiger partial charge in [0.15, 0.2) is 0 Å². The molecular formula is C13H24O. The van der Waals surface area contributed by atoms with Gasteiger partial charge in [-0.2, -0.15) is 0 Å². The van der Waals surface area contributed by atoms with Gasteiger partial charge in [0.25, 0.3) is 0 Å². The second-order valence-electron chi connectivity index (χ2n) is 7.24. The summed E-state index contributed by atoms with van der Waals surface area (Å²) in [6.45, 7) is 9.23. The highest BCUT2D eigenvalue weighted by Crippen LogP contribution is 2.57. The topological polar surface area (TPSA) is 20.2 Å². The van der Waals surface area contributed by atoms with E-state index >= 15 is 0 Å². The Kier molecular flexibility index (Phi) is 2.06. The van der Waals surface area contributed by atoms with Crippen LogP contribution in [0.4, 0.5) is 0 Å². The molecule has 0 spiro atoms. The number of rotatable bonds is 1. The summed E-state index contributed by atoms with van der Waals surface area (Å²) >= 11 is 0. The molecule has 0 bridgehead atoms. The van der Waals surface area contributed by atoms with Crippen LogP contribution in [0.5, 0.6) is 0 Å². The first-order chi connectivity index (χ1) is 6.23. The second-order valence-corrected chi connectivity index (χ2v) is 7.24. The molecule has 1 heteroatoms. The third-order valence-corrected chi connectivity index (χ3v) is 3.86. The van der Waals surface area contributed by atoms with Crippen molar-refractivity contribution in [1.82, 2.24) is 0 Å². The largest absolute Gasteiger partial charge is 0.390 e. The summed E-state index contributed by atoms with van der Waals surface area (Å²) in [7, 11) is 0. The SMILES string of the molecule is CC1(C)CC(C)(C)CC(O)(C2CC2)C1. The van der Waals surface area contributed by atoms with Gasteiger partial charge in [0.2, 0.25) is 0 Å². The van der Waals surface area contributed by atoms with E-state index in [0.717, 1.165) is 12.8 Å². The van der Waals surface area contributed by atoms with Crippen LogP contribution in [-0.2, 0) is 0 Å². The third-order valence-electron chi connectivity index (χ3n) is 3.86. The predicted octanol–water partition coefficient (Wildman–Crippen LogP) is 3.36. The fraction of sp³-hybridized carbons (Fsp3) is 1.00. The van der Waals surface area contributed by atoms with E-state index in [2.05, 4.69) is 27.7 Å². The molecule has 2 saturated carbocycles. The second kappa shape index (κ2) is 2.75. The predicted molar refractivity (Wildman–Crippen MR) is 59.1 cm³/mol. The van der Waals surface area contributed by atoms with E-state index in [1.807, 2.05) is 0 Å². The van der Waals surface area contributed by atoms with Crippen molar-refractivity contribution in [3.63, 3.8) is 0 Å². The Morgan fingerprint density at radius 1 is 0.857 bits per heavy atom. The summed E-state index contributed by atoms with van der Waals surface area (Å²) in [5.74, 6) is 0.612. The molecule has 2 aliphatic carbocycles. The van der Waals surface area contributed by atoms with Crippen LogP contribution < -0.4 is 0 Å². The Balaban J connectivity index is 2.19. The van der Waals surface area contributed by atoms with E-state index in [9.17, 15) is 5.11 Å². The van der Waals surface area contributed by atoms with Crippen molar-refractivity contribution < 1.29 is 5.11 Å². The number of hydrogen-bond donors (Lipinski definition) is 1. The van der Waals surface area contributed by atoms with Gasteiger partial charge in [-0.05, 0) is 48.9 Å². The van der Waals surface area contributed by atoms with E-state index < -0.39 is 0 Å².